The number of halogens is 2. The van der Waals surface area contributed by atoms with Gasteiger partial charge in [0.05, 0.1) is 15.6 Å². The molecule has 0 aliphatic heterocycles. The SMILES string of the molecule is CCCNc1cc(CCC)nc(-c2c(Cl)cccc2Cl)n1. The van der Waals surface area contributed by atoms with E-state index in [1.807, 2.05) is 12.1 Å². The molecule has 0 spiro atoms. The third kappa shape index (κ3) is 4.08. The minimum Gasteiger partial charge on any atom is -0.370 e. The van der Waals surface area contributed by atoms with E-state index in [9.17, 15) is 0 Å². The molecule has 2 rings (SSSR count). The van der Waals surface area contributed by atoms with Crippen LogP contribution in [-0.2, 0) is 6.42 Å². The lowest BCUT2D eigenvalue weighted by Crippen LogP contribution is -2.06. The van der Waals surface area contributed by atoms with Gasteiger partial charge in [0.15, 0.2) is 5.82 Å². The molecule has 0 aliphatic rings. The van der Waals surface area contributed by atoms with Gasteiger partial charge in [-0.25, -0.2) is 9.97 Å². The Hall–Kier alpha value is -1.32. The Labute approximate surface area is 135 Å². The summed E-state index contributed by atoms with van der Waals surface area (Å²) in [5, 5.41) is 4.44. The molecule has 0 fully saturated rings. The van der Waals surface area contributed by atoms with Crippen molar-refractivity contribution in [2.24, 2.45) is 0 Å². The van der Waals surface area contributed by atoms with Gasteiger partial charge in [-0.15, -0.1) is 0 Å². The summed E-state index contributed by atoms with van der Waals surface area (Å²) in [4.78, 5) is 9.16. The molecule has 1 aromatic carbocycles. The van der Waals surface area contributed by atoms with Gasteiger partial charge in [-0.3, -0.25) is 0 Å². The van der Waals surface area contributed by atoms with E-state index in [4.69, 9.17) is 23.2 Å². The number of hydrogen-bond donors (Lipinski definition) is 1. The fraction of sp³-hybridized carbons (Fsp3) is 0.375. The second-order valence-corrected chi connectivity index (χ2v) is 5.66. The fourth-order valence-electron chi connectivity index (χ4n) is 2.05. The Kier molecular flexibility index (Phi) is 5.83. The maximum Gasteiger partial charge on any atom is 0.164 e. The van der Waals surface area contributed by atoms with Gasteiger partial charge in [-0.1, -0.05) is 49.5 Å². The number of benzene rings is 1. The van der Waals surface area contributed by atoms with E-state index in [1.165, 1.54) is 0 Å². The average molecular weight is 324 g/mol. The second kappa shape index (κ2) is 7.62. The molecule has 0 saturated heterocycles. The first-order valence-corrected chi connectivity index (χ1v) is 7.97. The highest BCUT2D eigenvalue weighted by atomic mass is 35.5. The zero-order chi connectivity index (χ0) is 15.2. The largest absolute Gasteiger partial charge is 0.370 e. The molecule has 0 unspecified atom stereocenters. The summed E-state index contributed by atoms with van der Waals surface area (Å²) < 4.78 is 0. The van der Waals surface area contributed by atoms with Crippen molar-refractivity contribution in [3.05, 3.63) is 40.0 Å². The van der Waals surface area contributed by atoms with Gasteiger partial charge >= 0.3 is 0 Å². The number of nitrogens with one attached hydrogen (secondary N) is 1. The smallest absolute Gasteiger partial charge is 0.164 e. The minimum absolute atomic E-state index is 0.567. The molecule has 112 valence electrons. The van der Waals surface area contributed by atoms with E-state index in [0.717, 1.165) is 37.3 Å². The standard InChI is InChI=1S/C16H19Cl2N3/c1-3-6-11-10-14(19-9-4-2)21-16(20-11)15-12(17)7-5-8-13(15)18/h5,7-8,10H,3-4,6,9H2,1-2H3,(H,19,20,21). The Morgan fingerprint density at radius 2 is 1.76 bits per heavy atom. The third-order valence-electron chi connectivity index (χ3n) is 3.03. The quantitative estimate of drug-likeness (QED) is 0.791. The van der Waals surface area contributed by atoms with Crippen molar-refractivity contribution in [2.45, 2.75) is 33.1 Å². The van der Waals surface area contributed by atoms with E-state index >= 15 is 0 Å². The Bertz CT molecular complexity index is 594. The maximum absolute atomic E-state index is 6.27. The van der Waals surface area contributed by atoms with E-state index in [2.05, 4.69) is 29.1 Å². The first kappa shape index (κ1) is 16.1. The number of aryl methyl sites for hydroxylation is 1. The third-order valence-corrected chi connectivity index (χ3v) is 3.66. The van der Waals surface area contributed by atoms with Crippen molar-refractivity contribution in [1.29, 1.82) is 0 Å². The van der Waals surface area contributed by atoms with Crippen LogP contribution >= 0.6 is 23.2 Å². The van der Waals surface area contributed by atoms with Gasteiger partial charge < -0.3 is 5.32 Å². The van der Waals surface area contributed by atoms with Crippen molar-refractivity contribution in [2.75, 3.05) is 11.9 Å². The van der Waals surface area contributed by atoms with Crippen molar-refractivity contribution in [3.63, 3.8) is 0 Å². The molecule has 0 amide bonds. The highest BCUT2D eigenvalue weighted by Crippen LogP contribution is 2.33. The topological polar surface area (TPSA) is 37.8 Å². The van der Waals surface area contributed by atoms with Crippen LogP contribution in [0.4, 0.5) is 5.82 Å². The van der Waals surface area contributed by atoms with Crippen LogP contribution in [0.5, 0.6) is 0 Å². The lowest BCUT2D eigenvalue weighted by Gasteiger charge is -2.11. The molecule has 1 aromatic heterocycles. The predicted octanol–water partition coefficient (Wildman–Crippen LogP) is 5.22. The van der Waals surface area contributed by atoms with Crippen molar-refractivity contribution < 1.29 is 0 Å². The van der Waals surface area contributed by atoms with Crippen LogP contribution in [0.15, 0.2) is 24.3 Å². The monoisotopic (exact) mass is 323 g/mol. The van der Waals surface area contributed by atoms with Crippen LogP contribution in [0.3, 0.4) is 0 Å². The summed E-state index contributed by atoms with van der Waals surface area (Å²) >= 11 is 12.5. The molecule has 1 heterocycles. The molecule has 0 radical (unpaired) electrons. The Morgan fingerprint density at radius 1 is 1.05 bits per heavy atom. The van der Waals surface area contributed by atoms with E-state index in [-0.39, 0.29) is 0 Å². The van der Waals surface area contributed by atoms with Crippen molar-refractivity contribution in [3.8, 4) is 11.4 Å². The fourth-order valence-corrected chi connectivity index (χ4v) is 2.62. The highest BCUT2D eigenvalue weighted by molar-refractivity contribution is 6.38. The van der Waals surface area contributed by atoms with E-state index < -0.39 is 0 Å². The lowest BCUT2D eigenvalue weighted by molar-refractivity contribution is 0.872. The molecule has 1 N–H and O–H groups in total. The summed E-state index contributed by atoms with van der Waals surface area (Å²) in [5.41, 5.74) is 1.69. The summed E-state index contributed by atoms with van der Waals surface area (Å²) in [7, 11) is 0. The van der Waals surface area contributed by atoms with Gasteiger partial charge in [-0.05, 0) is 25.0 Å². The van der Waals surface area contributed by atoms with Crippen molar-refractivity contribution in [1.82, 2.24) is 9.97 Å². The van der Waals surface area contributed by atoms with Gasteiger partial charge in [0.25, 0.3) is 0 Å². The average Bonchev–Trinajstić information content (AvgIpc) is 2.45. The van der Waals surface area contributed by atoms with E-state index in [0.29, 0.717) is 21.4 Å². The minimum atomic E-state index is 0.567. The van der Waals surface area contributed by atoms with Gasteiger partial charge in [0.2, 0.25) is 0 Å². The molecule has 2 aromatic rings. The molecule has 5 heteroatoms. The van der Waals surface area contributed by atoms with Crippen LogP contribution in [0.1, 0.15) is 32.4 Å². The molecule has 0 bridgehead atoms. The van der Waals surface area contributed by atoms with E-state index in [1.54, 1.807) is 12.1 Å². The van der Waals surface area contributed by atoms with Gasteiger partial charge in [0.1, 0.15) is 5.82 Å². The van der Waals surface area contributed by atoms with Crippen molar-refractivity contribution >= 4 is 29.0 Å². The van der Waals surface area contributed by atoms with Crippen LogP contribution < -0.4 is 5.32 Å². The first-order chi connectivity index (χ1) is 10.2. The molecule has 0 aliphatic carbocycles. The maximum atomic E-state index is 6.27. The molecule has 21 heavy (non-hydrogen) atoms. The number of rotatable bonds is 6. The van der Waals surface area contributed by atoms with Crippen LogP contribution in [0.2, 0.25) is 10.0 Å². The lowest BCUT2D eigenvalue weighted by atomic mass is 10.2. The van der Waals surface area contributed by atoms with Crippen LogP contribution in [0, 0.1) is 0 Å². The molecular weight excluding hydrogens is 305 g/mol. The number of aromatic nitrogens is 2. The molecular formula is C16H19Cl2N3. The number of nitrogens with zero attached hydrogens (tertiary/aromatic N) is 2. The van der Waals surface area contributed by atoms with Gasteiger partial charge in [-0.2, -0.15) is 0 Å². The highest BCUT2D eigenvalue weighted by Gasteiger charge is 2.13. The summed E-state index contributed by atoms with van der Waals surface area (Å²) in [6.45, 7) is 5.12. The summed E-state index contributed by atoms with van der Waals surface area (Å²) in [5.74, 6) is 1.40. The summed E-state index contributed by atoms with van der Waals surface area (Å²) in [6.07, 6.45) is 2.97. The van der Waals surface area contributed by atoms with Crippen LogP contribution in [-0.4, -0.2) is 16.5 Å². The zero-order valence-corrected chi connectivity index (χ0v) is 13.8. The zero-order valence-electron chi connectivity index (χ0n) is 12.3. The second-order valence-electron chi connectivity index (χ2n) is 4.84. The number of hydrogen-bond acceptors (Lipinski definition) is 3. The molecule has 0 saturated carbocycles. The Morgan fingerprint density at radius 3 is 2.38 bits per heavy atom. The number of anilines is 1. The van der Waals surface area contributed by atoms with Gasteiger partial charge in [0, 0.05) is 18.3 Å². The predicted molar refractivity (Wildman–Crippen MR) is 90.3 cm³/mol. The molecule has 0 atom stereocenters. The van der Waals surface area contributed by atoms with Crippen LogP contribution in [0.25, 0.3) is 11.4 Å². The normalized spacial score (nSPS) is 10.7. The first-order valence-electron chi connectivity index (χ1n) is 7.22. The summed E-state index contributed by atoms with van der Waals surface area (Å²) in [6, 6.07) is 7.42. The molecule has 3 nitrogen and oxygen atoms in total. The Balaban J connectivity index is 2.48.